The maximum atomic E-state index is 14.3. The van der Waals surface area contributed by atoms with E-state index in [-0.39, 0.29) is 12.4 Å². The summed E-state index contributed by atoms with van der Waals surface area (Å²) in [5.41, 5.74) is 9.17. The average Bonchev–Trinajstić information content (AvgIpc) is 2.47. The lowest BCUT2D eigenvalue weighted by atomic mass is 10.1. The molecule has 0 saturated heterocycles. The fourth-order valence-corrected chi connectivity index (χ4v) is 2.40. The van der Waals surface area contributed by atoms with Crippen molar-refractivity contribution in [2.24, 2.45) is 5.73 Å². The van der Waals surface area contributed by atoms with Crippen molar-refractivity contribution in [1.82, 2.24) is 0 Å². The summed E-state index contributed by atoms with van der Waals surface area (Å²) in [6.07, 6.45) is 0. The predicted octanol–water partition coefficient (Wildman–Crippen LogP) is 3.62. The minimum Gasteiger partial charge on any atom is -0.367 e. The standard InChI is InChI=1S/C17H21FN2/c1-3-20(16-10-5-4-7-13(16)2)12-15-9-6-8-14(11-19)17(15)18/h4-10H,3,11-12,19H2,1-2H3. The second-order valence-electron chi connectivity index (χ2n) is 4.90. The van der Waals surface area contributed by atoms with Gasteiger partial charge in [-0.1, -0.05) is 36.4 Å². The van der Waals surface area contributed by atoms with Gasteiger partial charge in [-0.3, -0.25) is 0 Å². The van der Waals surface area contributed by atoms with Gasteiger partial charge in [0.05, 0.1) is 0 Å². The Hall–Kier alpha value is -1.87. The van der Waals surface area contributed by atoms with E-state index < -0.39 is 0 Å². The Bertz CT molecular complexity index is 581. The molecule has 0 atom stereocenters. The van der Waals surface area contributed by atoms with E-state index in [1.807, 2.05) is 24.3 Å². The van der Waals surface area contributed by atoms with E-state index in [9.17, 15) is 4.39 Å². The van der Waals surface area contributed by atoms with Crippen LogP contribution in [-0.4, -0.2) is 6.54 Å². The van der Waals surface area contributed by atoms with Gasteiger partial charge < -0.3 is 10.6 Å². The van der Waals surface area contributed by atoms with E-state index in [0.29, 0.717) is 17.7 Å². The first-order chi connectivity index (χ1) is 9.67. The molecule has 0 bridgehead atoms. The van der Waals surface area contributed by atoms with E-state index in [1.54, 1.807) is 6.07 Å². The highest BCUT2D eigenvalue weighted by molar-refractivity contribution is 5.53. The van der Waals surface area contributed by atoms with Crippen molar-refractivity contribution in [3.63, 3.8) is 0 Å². The lowest BCUT2D eigenvalue weighted by molar-refractivity contribution is 0.589. The Kier molecular flexibility index (Phi) is 4.74. The summed E-state index contributed by atoms with van der Waals surface area (Å²) in [5.74, 6) is -0.179. The summed E-state index contributed by atoms with van der Waals surface area (Å²) < 4.78 is 14.3. The Morgan fingerprint density at radius 3 is 2.40 bits per heavy atom. The van der Waals surface area contributed by atoms with Gasteiger partial charge in [0.25, 0.3) is 0 Å². The monoisotopic (exact) mass is 272 g/mol. The van der Waals surface area contributed by atoms with Crippen LogP contribution in [0.1, 0.15) is 23.6 Å². The molecule has 2 N–H and O–H groups in total. The van der Waals surface area contributed by atoms with Crippen LogP contribution >= 0.6 is 0 Å². The molecule has 0 unspecified atom stereocenters. The summed E-state index contributed by atoms with van der Waals surface area (Å²) in [6, 6.07) is 13.6. The average molecular weight is 272 g/mol. The van der Waals surface area contributed by atoms with Crippen LogP contribution in [0.15, 0.2) is 42.5 Å². The second-order valence-corrected chi connectivity index (χ2v) is 4.90. The van der Waals surface area contributed by atoms with E-state index in [1.165, 1.54) is 5.56 Å². The van der Waals surface area contributed by atoms with Crippen LogP contribution in [0.25, 0.3) is 0 Å². The van der Waals surface area contributed by atoms with Gasteiger partial charge in [-0.25, -0.2) is 4.39 Å². The molecule has 3 heteroatoms. The lowest BCUT2D eigenvalue weighted by Gasteiger charge is -2.25. The van der Waals surface area contributed by atoms with Crippen LogP contribution in [0.3, 0.4) is 0 Å². The van der Waals surface area contributed by atoms with Crippen LogP contribution in [0.4, 0.5) is 10.1 Å². The largest absolute Gasteiger partial charge is 0.367 e. The molecule has 0 heterocycles. The topological polar surface area (TPSA) is 29.3 Å². The summed E-state index contributed by atoms with van der Waals surface area (Å²) in [7, 11) is 0. The first kappa shape index (κ1) is 14.5. The molecule has 0 aliphatic heterocycles. The third-order valence-corrected chi connectivity index (χ3v) is 3.58. The van der Waals surface area contributed by atoms with Crippen molar-refractivity contribution in [1.29, 1.82) is 0 Å². The van der Waals surface area contributed by atoms with Crippen molar-refractivity contribution in [2.45, 2.75) is 26.9 Å². The Morgan fingerprint density at radius 1 is 1.05 bits per heavy atom. The molecule has 0 aliphatic carbocycles. The maximum absolute atomic E-state index is 14.3. The number of nitrogens with two attached hydrogens (primary N) is 1. The Balaban J connectivity index is 2.30. The predicted molar refractivity (Wildman–Crippen MR) is 82.2 cm³/mol. The molecule has 0 amide bonds. The highest BCUT2D eigenvalue weighted by Gasteiger charge is 2.12. The van der Waals surface area contributed by atoms with E-state index in [4.69, 9.17) is 5.73 Å². The Labute approximate surface area is 120 Å². The summed E-state index contributed by atoms with van der Waals surface area (Å²) in [5, 5.41) is 0. The van der Waals surface area contributed by atoms with Crippen molar-refractivity contribution < 1.29 is 4.39 Å². The Morgan fingerprint density at radius 2 is 1.75 bits per heavy atom. The normalized spacial score (nSPS) is 10.6. The van der Waals surface area contributed by atoms with Gasteiger partial charge in [0.1, 0.15) is 5.82 Å². The van der Waals surface area contributed by atoms with Crippen LogP contribution in [-0.2, 0) is 13.1 Å². The fourth-order valence-electron chi connectivity index (χ4n) is 2.40. The highest BCUT2D eigenvalue weighted by Crippen LogP contribution is 2.23. The number of nitrogens with zero attached hydrogens (tertiary/aromatic N) is 1. The minimum atomic E-state index is -0.179. The molecule has 2 aromatic carbocycles. The van der Waals surface area contributed by atoms with Crippen molar-refractivity contribution in [3.8, 4) is 0 Å². The number of benzene rings is 2. The minimum absolute atomic E-state index is 0.179. The number of hydrogen-bond donors (Lipinski definition) is 1. The SMILES string of the molecule is CCN(Cc1cccc(CN)c1F)c1ccccc1C. The highest BCUT2D eigenvalue weighted by atomic mass is 19.1. The smallest absolute Gasteiger partial charge is 0.132 e. The number of para-hydroxylation sites is 1. The fraction of sp³-hybridized carbons (Fsp3) is 0.294. The van der Waals surface area contributed by atoms with E-state index in [2.05, 4.69) is 30.9 Å². The third kappa shape index (κ3) is 2.99. The third-order valence-electron chi connectivity index (χ3n) is 3.58. The quantitative estimate of drug-likeness (QED) is 0.900. The molecule has 0 saturated carbocycles. The maximum Gasteiger partial charge on any atom is 0.132 e. The molecule has 2 aromatic rings. The van der Waals surface area contributed by atoms with Crippen molar-refractivity contribution >= 4 is 5.69 Å². The molecule has 106 valence electrons. The molecule has 0 radical (unpaired) electrons. The van der Waals surface area contributed by atoms with Gasteiger partial charge in [0, 0.05) is 36.4 Å². The first-order valence-corrected chi connectivity index (χ1v) is 6.94. The molecule has 2 nitrogen and oxygen atoms in total. The zero-order valence-corrected chi connectivity index (χ0v) is 12.1. The molecular weight excluding hydrogens is 251 g/mol. The van der Waals surface area contributed by atoms with E-state index in [0.717, 1.165) is 12.2 Å². The number of rotatable bonds is 5. The first-order valence-electron chi connectivity index (χ1n) is 6.94. The number of anilines is 1. The zero-order chi connectivity index (χ0) is 14.5. The van der Waals surface area contributed by atoms with Gasteiger partial charge in [-0.15, -0.1) is 0 Å². The molecular formula is C17H21FN2. The molecule has 0 aromatic heterocycles. The number of aryl methyl sites for hydroxylation is 1. The summed E-state index contributed by atoms with van der Waals surface area (Å²) in [4.78, 5) is 2.17. The summed E-state index contributed by atoms with van der Waals surface area (Å²) >= 11 is 0. The van der Waals surface area contributed by atoms with E-state index >= 15 is 0 Å². The van der Waals surface area contributed by atoms with Crippen LogP contribution in [0, 0.1) is 12.7 Å². The van der Waals surface area contributed by atoms with Gasteiger partial charge in [0.15, 0.2) is 0 Å². The van der Waals surface area contributed by atoms with Crippen LogP contribution in [0.5, 0.6) is 0 Å². The van der Waals surface area contributed by atoms with Gasteiger partial charge in [0.2, 0.25) is 0 Å². The van der Waals surface area contributed by atoms with Crippen LogP contribution < -0.4 is 10.6 Å². The van der Waals surface area contributed by atoms with Crippen molar-refractivity contribution in [3.05, 3.63) is 65.0 Å². The molecule has 20 heavy (non-hydrogen) atoms. The number of halogens is 1. The van der Waals surface area contributed by atoms with Gasteiger partial charge >= 0.3 is 0 Å². The van der Waals surface area contributed by atoms with Crippen LogP contribution in [0.2, 0.25) is 0 Å². The second kappa shape index (κ2) is 6.53. The molecule has 0 fully saturated rings. The molecule has 2 rings (SSSR count). The summed E-state index contributed by atoms with van der Waals surface area (Å²) in [6.45, 7) is 5.77. The van der Waals surface area contributed by atoms with Gasteiger partial charge in [-0.05, 0) is 25.5 Å². The van der Waals surface area contributed by atoms with Crippen molar-refractivity contribution in [2.75, 3.05) is 11.4 Å². The molecule has 0 aliphatic rings. The van der Waals surface area contributed by atoms with Gasteiger partial charge in [-0.2, -0.15) is 0 Å². The zero-order valence-electron chi connectivity index (χ0n) is 12.1. The lowest BCUT2D eigenvalue weighted by Crippen LogP contribution is -2.23. The molecule has 0 spiro atoms. The number of hydrogen-bond acceptors (Lipinski definition) is 2.